The normalized spacial score (nSPS) is 22.6. The Morgan fingerprint density at radius 2 is 1.96 bits per heavy atom. The third-order valence-electron chi connectivity index (χ3n) is 4.99. The standard InChI is InChI=1S/C17H20N4O3/c22-14-17(20-15(23)19-14)9-21(10-17)16(24)18-13(8-11-6-7-11)12-4-2-1-3-5-12/h1-5,11,13H,6-10H2,(H,18,24)(H2,19,20,22,23). The van der Waals surface area contributed by atoms with Crippen LogP contribution >= 0.6 is 0 Å². The molecular formula is C17H20N4O3. The van der Waals surface area contributed by atoms with Crippen LogP contribution in [-0.4, -0.2) is 41.5 Å². The molecule has 2 saturated heterocycles. The Balaban J connectivity index is 1.39. The largest absolute Gasteiger partial charge is 0.331 e. The molecule has 1 aromatic rings. The van der Waals surface area contributed by atoms with Gasteiger partial charge in [-0.15, -0.1) is 0 Å². The minimum absolute atomic E-state index is 0.0188. The topological polar surface area (TPSA) is 90.5 Å². The van der Waals surface area contributed by atoms with Gasteiger partial charge in [-0.05, 0) is 17.9 Å². The van der Waals surface area contributed by atoms with Crippen LogP contribution in [-0.2, 0) is 4.79 Å². The van der Waals surface area contributed by atoms with Gasteiger partial charge in [-0.25, -0.2) is 9.59 Å². The number of nitrogens with zero attached hydrogens (tertiary/aromatic N) is 1. The molecule has 4 rings (SSSR count). The highest BCUT2D eigenvalue weighted by atomic mass is 16.2. The molecule has 1 atom stereocenters. The SMILES string of the molecule is O=C1NC(=O)C2(CN(C(=O)NC(CC3CC3)c3ccccc3)C2)N1. The quantitative estimate of drug-likeness (QED) is 0.724. The average molecular weight is 328 g/mol. The molecular weight excluding hydrogens is 308 g/mol. The summed E-state index contributed by atoms with van der Waals surface area (Å²) in [6, 6.07) is 9.25. The number of amides is 5. The number of carbonyl (C=O) groups is 3. The molecule has 5 amide bonds. The number of nitrogens with one attached hydrogen (secondary N) is 3. The van der Waals surface area contributed by atoms with E-state index in [0.29, 0.717) is 5.92 Å². The maximum atomic E-state index is 12.5. The summed E-state index contributed by atoms with van der Waals surface area (Å²) in [6.45, 7) is 0.419. The van der Waals surface area contributed by atoms with E-state index >= 15 is 0 Å². The van der Waals surface area contributed by atoms with E-state index in [4.69, 9.17) is 0 Å². The van der Waals surface area contributed by atoms with E-state index < -0.39 is 11.6 Å². The lowest BCUT2D eigenvalue weighted by molar-refractivity contribution is -0.128. The van der Waals surface area contributed by atoms with Crippen LogP contribution in [0.1, 0.15) is 30.9 Å². The fraction of sp³-hybridized carbons (Fsp3) is 0.471. The lowest BCUT2D eigenvalue weighted by Gasteiger charge is -2.45. The van der Waals surface area contributed by atoms with E-state index in [1.165, 1.54) is 12.8 Å². The third-order valence-corrected chi connectivity index (χ3v) is 4.99. The van der Waals surface area contributed by atoms with Crippen LogP contribution in [0.5, 0.6) is 0 Å². The average Bonchev–Trinajstić information content (AvgIpc) is 3.29. The first-order valence-electron chi connectivity index (χ1n) is 8.30. The van der Waals surface area contributed by atoms with Gasteiger partial charge >= 0.3 is 12.1 Å². The first-order valence-corrected chi connectivity index (χ1v) is 8.30. The van der Waals surface area contributed by atoms with Gasteiger partial charge in [0.05, 0.1) is 19.1 Å². The van der Waals surface area contributed by atoms with Crippen LogP contribution in [0.2, 0.25) is 0 Å². The number of hydrogen-bond donors (Lipinski definition) is 3. The van der Waals surface area contributed by atoms with Crippen molar-refractivity contribution in [3.63, 3.8) is 0 Å². The second-order valence-corrected chi connectivity index (χ2v) is 6.94. The molecule has 0 bridgehead atoms. The van der Waals surface area contributed by atoms with E-state index in [1.807, 2.05) is 30.3 Å². The summed E-state index contributed by atoms with van der Waals surface area (Å²) in [4.78, 5) is 37.1. The van der Waals surface area contributed by atoms with E-state index in [-0.39, 0.29) is 31.1 Å². The monoisotopic (exact) mass is 328 g/mol. The van der Waals surface area contributed by atoms with E-state index in [0.717, 1.165) is 12.0 Å². The second-order valence-electron chi connectivity index (χ2n) is 6.94. The minimum atomic E-state index is -0.937. The number of rotatable bonds is 4. The highest BCUT2D eigenvalue weighted by molar-refractivity contribution is 6.08. The number of urea groups is 2. The molecule has 24 heavy (non-hydrogen) atoms. The molecule has 3 N–H and O–H groups in total. The van der Waals surface area contributed by atoms with Crippen LogP contribution in [0.4, 0.5) is 9.59 Å². The van der Waals surface area contributed by atoms with Crippen LogP contribution in [0.25, 0.3) is 0 Å². The maximum Gasteiger partial charge on any atom is 0.322 e. The molecule has 0 aromatic heterocycles. The molecule has 7 heteroatoms. The smallest absolute Gasteiger partial charge is 0.322 e. The molecule has 1 aliphatic carbocycles. The molecule has 2 aliphatic heterocycles. The predicted octanol–water partition coefficient (Wildman–Crippen LogP) is 1.13. The van der Waals surface area contributed by atoms with Crippen LogP contribution in [0.3, 0.4) is 0 Å². The van der Waals surface area contributed by atoms with Gasteiger partial charge in [0.1, 0.15) is 0 Å². The summed E-state index contributed by atoms with van der Waals surface area (Å²) in [5.74, 6) is 0.326. The Morgan fingerprint density at radius 1 is 1.25 bits per heavy atom. The minimum Gasteiger partial charge on any atom is -0.331 e. The van der Waals surface area contributed by atoms with Gasteiger partial charge < -0.3 is 15.5 Å². The van der Waals surface area contributed by atoms with E-state index in [1.54, 1.807) is 4.90 Å². The molecule has 0 radical (unpaired) electrons. The molecule has 1 unspecified atom stereocenters. The van der Waals surface area contributed by atoms with Gasteiger partial charge in [0, 0.05) is 0 Å². The first kappa shape index (κ1) is 15.0. The zero-order chi connectivity index (χ0) is 16.7. The Morgan fingerprint density at radius 3 is 2.54 bits per heavy atom. The number of carbonyl (C=O) groups excluding carboxylic acids is 3. The Bertz CT molecular complexity index is 680. The van der Waals surface area contributed by atoms with Crippen molar-refractivity contribution in [1.82, 2.24) is 20.9 Å². The van der Waals surface area contributed by atoms with Crippen LogP contribution in [0, 0.1) is 5.92 Å². The van der Waals surface area contributed by atoms with Crippen molar-refractivity contribution in [2.24, 2.45) is 5.92 Å². The summed E-state index contributed by atoms with van der Waals surface area (Å²) >= 11 is 0. The van der Waals surface area contributed by atoms with E-state index in [9.17, 15) is 14.4 Å². The van der Waals surface area contributed by atoms with Crippen LogP contribution in [0.15, 0.2) is 30.3 Å². The molecule has 126 valence electrons. The molecule has 3 fully saturated rings. The molecule has 1 saturated carbocycles. The fourth-order valence-corrected chi connectivity index (χ4v) is 3.39. The molecule has 1 spiro atoms. The Labute approximate surface area is 139 Å². The Hall–Kier alpha value is -2.57. The van der Waals surface area contributed by atoms with Crippen molar-refractivity contribution in [1.29, 1.82) is 0 Å². The van der Waals surface area contributed by atoms with Gasteiger partial charge in [-0.1, -0.05) is 43.2 Å². The van der Waals surface area contributed by atoms with Crippen molar-refractivity contribution >= 4 is 18.0 Å². The highest BCUT2D eigenvalue weighted by Gasteiger charge is 2.56. The van der Waals surface area contributed by atoms with Crippen molar-refractivity contribution in [3.8, 4) is 0 Å². The van der Waals surface area contributed by atoms with Crippen molar-refractivity contribution in [2.75, 3.05) is 13.1 Å². The zero-order valence-electron chi connectivity index (χ0n) is 13.2. The summed E-state index contributed by atoms with van der Waals surface area (Å²) in [5, 5.41) is 7.91. The van der Waals surface area contributed by atoms with Gasteiger partial charge in [0.15, 0.2) is 5.54 Å². The summed E-state index contributed by atoms with van der Waals surface area (Å²) in [6.07, 6.45) is 3.38. The zero-order valence-corrected chi connectivity index (χ0v) is 13.2. The highest BCUT2D eigenvalue weighted by Crippen LogP contribution is 2.38. The fourth-order valence-electron chi connectivity index (χ4n) is 3.39. The third kappa shape index (κ3) is 2.70. The molecule has 1 aromatic carbocycles. The maximum absolute atomic E-state index is 12.5. The number of benzene rings is 1. The van der Waals surface area contributed by atoms with Crippen molar-refractivity contribution < 1.29 is 14.4 Å². The summed E-state index contributed by atoms with van der Waals surface area (Å²) < 4.78 is 0. The van der Waals surface area contributed by atoms with Crippen LogP contribution < -0.4 is 16.0 Å². The molecule has 3 aliphatic rings. The summed E-state index contributed by atoms with van der Waals surface area (Å²) in [7, 11) is 0. The molecule has 7 nitrogen and oxygen atoms in total. The summed E-state index contributed by atoms with van der Waals surface area (Å²) in [5.41, 5.74) is 0.160. The van der Waals surface area contributed by atoms with E-state index in [2.05, 4.69) is 16.0 Å². The van der Waals surface area contributed by atoms with Crippen molar-refractivity contribution in [2.45, 2.75) is 30.8 Å². The lowest BCUT2D eigenvalue weighted by Crippen LogP contribution is -2.73. The first-order chi connectivity index (χ1) is 11.6. The second kappa shape index (κ2) is 5.51. The van der Waals surface area contributed by atoms with Crippen molar-refractivity contribution in [3.05, 3.63) is 35.9 Å². The number of likely N-dealkylation sites (tertiary alicyclic amines) is 1. The van der Waals surface area contributed by atoms with Gasteiger partial charge in [0.25, 0.3) is 5.91 Å². The van der Waals surface area contributed by atoms with Gasteiger partial charge in [-0.2, -0.15) is 0 Å². The van der Waals surface area contributed by atoms with Gasteiger partial charge in [0.2, 0.25) is 0 Å². The predicted molar refractivity (Wildman–Crippen MR) is 86.0 cm³/mol. The number of imide groups is 1. The molecule has 2 heterocycles. The Kier molecular flexibility index (Phi) is 3.44. The lowest BCUT2D eigenvalue weighted by atomic mass is 9.90. The van der Waals surface area contributed by atoms with Gasteiger partial charge in [-0.3, -0.25) is 10.1 Å². The number of hydrogen-bond acceptors (Lipinski definition) is 3.